The maximum atomic E-state index is 5.59. The van der Waals surface area contributed by atoms with Crippen LogP contribution in [0.15, 0.2) is 195 Å². The lowest BCUT2D eigenvalue weighted by molar-refractivity contribution is -0.805. The number of rotatable bonds is 12. The van der Waals surface area contributed by atoms with Crippen LogP contribution in [-0.4, -0.2) is 16.5 Å². The smallest absolute Gasteiger partial charge is 0.126 e. The third kappa shape index (κ3) is 6.86. The largest absolute Gasteiger partial charge is 0.478 e. The number of nitrogens with one attached hydrogen (secondary N) is 1. The molecule has 62 heavy (non-hydrogen) atoms. The third-order valence-corrected chi connectivity index (χ3v) is 11.5. The Bertz CT molecular complexity index is 2980. The van der Waals surface area contributed by atoms with Crippen molar-refractivity contribution in [3.8, 4) is 22.3 Å². The standard InChI is InChI=1S/C56H46N6/c1-5-39-27-28-40(6-2)52-51(39)57-53-49(41-29-33-47(34-30-41)61(43-19-11-7-12-20-43)44-21-13-8-14-22-44)55-56(60(59-55)37-38(3)4)50(54(53)58-52)42-31-35-48(36-32-42)62(45-23-15-9-16-24-45)46-25-17-10-18-26-46/h5-36,38,60H,1-2,37H2,3-4H3. The summed E-state index contributed by atoms with van der Waals surface area (Å²) in [5.74, 6) is 0.410. The second kappa shape index (κ2) is 16.3. The van der Waals surface area contributed by atoms with Crippen molar-refractivity contribution in [2.75, 3.05) is 16.3 Å². The highest BCUT2D eigenvalue weighted by Gasteiger charge is 2.32. The van der Waals surface area contributed by atoms with Gasteiger partial charge in [-0.2, -0.15) is 0 Å². The Morgan fingerprint density at radius 2 is 0.823 bits per heavy atom. The zero-order valence-electron chi connectivity index (χ0n) is 34.9. The van der Waals surface area contributed by atoms with Crippen molar-refractivity contribution in [2.45, 2.75) is 13.8 Å². The topological polar surface area (TPSA) is 50.8 Å². The van der Waals surface area contributed by atoms with Crippen molar-refractivity contribution in [3.05, 3.63) is 212 Å². The van der Waals surface area contributed by atoms with E-state index in [2.05, 4.69) is 213 Å². The van der Waals surface area contributed by atoms with Gasteiger partial charge in [0.2, 0.25) is 0 Å². The summed E-state index contributed by atoms with van der Waals surface area (Å²) >= 11 is 0. The van der Waals surface area contributed by atoms with Gasteiger partial charge in [-0.15, -0.1) is 0 Å². The highest BCUT2D eigenvalue weighted by molar-refractivity contribution is 6.16. The number of para-hydroxylation sites is 4. The number of nitrogens with zero attached hydrogens (tertiary/aromatic N) is 5. The van der Waals surface area contributed by atoms with E-state index in [1.807, 2.05) is 18.2 Å². The van der Waals surface area contributed by atoms with Crippen molar-refractivity contribution in [1.29, 1.82) is 0 Å². The molecule has 0 aliphatic carbocycles. The van der Waals surface area contributed by atoms with Gasteiger partial charge >= 0.3 is 0 Å². The van der Waals surface area contributed by atoms with Crippen LogP contribution in [0.4, 0.5) is 45.5 Å². The van der Waals surface area contributed by atoms with Gasteiger partial charge in [-0.3, -0.25) is 0 Å². The molecule has 0 amide bonds. The monoisotopic (exact) mass is 802 g/mol. The summed E-state index contributed by atoms with van der Waals surface area (Å²) in [5.41, 5.74) is 23.1. The zero-order chi connectivity index (χ0) is 42.2. The van der Waals surface area contributed by atoms with Gasteiger partial charge in [-0.05, 0) is 89.6 Å². The van der Waals surface area contributed by atoms with Crippen molar-refractivity contribution < 1.29 is 5.01 Å². The molecule has 1 aromatic heterocycles. The number of aromatic nitrogens is 2. The van der Waals surface area contributed by atoms with E-state index in [1.165, 1.54) is 0 Å². The average molecular weight is 803 g/mol. The van der Waals surface area contributed by atoms with Crippen molar-refractivity contribution in [3.63, 3.8) is 0 Å². The van der Waals surface area contributed by atoms with E-state index in [4.69, 9.17) is 15.4 Å². The fraction of sp³-hybridized carbons (Fsp3) is 0.0714. The minimum Gasteiger partial charge on any atom is -0.478 e. The quantitative estimate of drug-likeness (QED) is 0.125. The first-order chi connectivity index (χ1) is 30.5. The van der Waals surface area contributed by atoms with Gasteiger partial charge in [0, 0.05) is 56.7 Å². The summed E-state index contributed by atoms with van der Waals surface area (Å²) in [6, 6.07) is 63.8. The highest BCUT2D eigenvalue weighted by atomic mass is 15.6. The fourth-order valence-electron chi connectivity index (χ4n) is 8.70. The van der Waals surface area contributed by atoms with E-state index >= 15 is 0 Å². The SMILES string of the molecule is C=Cc1ccc(C=C)c2nc3c(-c4ccc(N(c5ccccc5)c5ccccc5)cc4)c4c(c(-c5ccc(N(c6ccccc6)c6ccccc6)cc5)c3nc12)[N-][NH+]4CC(C)C. The van der Waals surface area contributed by atoms with Crippen LogP contribution in [0.1, 0.15) is 25.0 Å². The van der Waals surface area contributed by atoms with Crippen LogP contribution in [-0.2, 0) is 0 Å². The van der Waals surface area contributed by atoms with Gasteiger partial charge in [-0.25, -0.2) is 9.97 Å². The third-order valence-electron chi connectivity index (χ3n) is 11.5. The first-order valence-electron chi connectivity index (χ1n) is 21.2. The summed E-state index contributed by atoms with van der Waals surface area (Å²) in [6.07, 6.45) is 3.72. The number of hydrogen-bond acceptors (Lipinski definition) is 4. The van der Waals surface area contributed by atoms with E-state index in [0.29, 0.717) is 5.92 Å². The predicted molar refractivity (Wildman–Crippen MR) is 261 cm³/mol. The molecule has 1 unspecified atom stereocenters. The van der Waals surface area contributed by atoms with E-state index in [-0.39, 0.29) is 0 Å². The molecule has 0 bridgehead atoms. The summed E-state index contributed by atoms with van der Waals surface area (Å²) in [7, 11) is 0. The lowest BCUT2D eigenvalue weighted by atomic mass is 9.90. The summed E-state index contributed by atoms with van der Waals surface area (Å²) in [4.78, 5) is 15.7. The van der Waals surface area contributed by atoms with Crippen LogP contribution < -0.4 is 14.8 Å². The molecule has 9 aromatic rings. The molecule has 1 atom stereocenters. The second-order valence-corrected chi connectivity index (χ2v) is 16.0. The lowest BCUT2D eigenvalue weighted by Gasteiger charge is -2.47. The normalized spacial score (nSPS) is 13.0. The first kappa shape index (κ1) is 38.4. The zero-order valence-corrected chi connectivity index (χ0v) is 34.9. The molecular formula is C56H46N6. The molecule has 1 aliphatic rings. The molecular weight excluding hydrogens is 757 g/mol. The minimum atomic E-state index is 0.410. The maximum absolute atomic E-state index is 5.59. The van der Waals surface area contributed by atoms with Crippen LogP contribution in [0.3, 0.4) is 0 Å². The van der Waals surface area contributed by atoms with Crippen LogP contribution in [0.25, 0.3) is 61.9 Å². The summed E-state index contributed by atoms with van der Waals surface area (Å²) in [5, 5.41) is 1.09. The van der Waals surface area contributed by atoms with Gasteiger partial charge in [0.1, 0.15) is 11.2 Å². The Kier molecular flexibility index (Phi) is 10.1. The van der Waals surface area contributed by atoms with Crippen LogP contribution in [0.5, 0.6) is 0 Å². The van der Waals surface area contributed by atoms with E-state index in [0.717, 1.165) is 113 Å². The molecule has 300 valence electrons. The van der Waals surface area contributed by atoms with Gasteiger partial charge in [0.05, 0.1) is 28.7 Å². The van der Waals surface area contributed by atoms with Crippen LogP contribution >= 0.6 is 0 Å². The Hall–Kier alpha value is -7.80. The molecule has 0 saturated carbocycles. The van der Waals surface area contributed by atoms with E-state index < -0.39 is 0 Å². The molecule has 0 fully saturated rings. The average Bonchev–Trinajstić information content (AvgIpc) is 3.32. The molecule has 0 saturated heterocycles. The van der Waals surface area contributed by atoms with Crippen molar-refractivity contribution in [1.82, 2.24) is 9.97 Å². The Morgan fingerprint density at radius 1 is 0.468 bits per heavy atom. The molecule has 6 nitrogen and oxygen atoms in total. The Morgan fingerprint density at radius 3 is 1.19 bits per heavy atom. The maximum Gasteiger partial charge on any atom is 0.126 e. The minimum absolute atomic E-state index is 0.410. The van der Waals surface area contributed by atoms with E-state index in [1.54, 1.807) is 0 Å². The molecule has 1 aliphatic heterocycles. The number of hydrogen-bond donors (Lipinski definition) is 1. The van der Waals surface area contributed by atoms with Gasteiger partial charge in [0.25, 0.3) is 0 Å². The fourth-order valence-corrected chi connectivity index (χ4v) is 8.70. The Labute approximate surface area is 363 Å². The van der Waals surface area contributed by atoms with Gasteiger partial charge in [0.15, 0.2) is 0 Å². The van der Waals surface area contributed by atoms with Crippen molar-refractivity contribution >= 4 is 79.7 Å². The second-order valence-electron chi connectivity index (χ2n) is 16.0. The van der Waals surface area contributed by atoms with Gasteiger partial charge < -0.3 is 20.2 Å². The molecule has 0 radical (unpaired) electrons. The summed E-state index contributed by atoms with van der Waals surface area (Å²) < 4.78 is 0. The molecule has 1 N–H and O–H groups in total. The van der Waals surface area contributed by atoms with Crippen LogP contribution in [0, 0.1) is 5.92 Å². The number of benzene rings is 8. The van der Waals surface area contributed by atoms with Crippen molar-refractivity contribution in [2.24, 2.45) is 5.92 Å². The summed E-state index contributed by atoms with van der Waals surface area (Å²) in [6.45, 7) is 13.7. The molecule has 10 rings (SSSR count). The van der Waals surface area contributed by atoms with E-state index in [9.17, 15) is 0 Å². The lowest BCUT2D eigenvalue weighted by Crippen LogP contribution is -3.07. The molecule has 2 heterocycles. The first-order valence-corrected chi connectivity index (χ1v) is 21.2. The predicted octanol–water partition coefficient (Wildman–Crippen LogP) is 14.4. The van der Waals surface area contributed by atoms with Crippen LogP contribution in [0.2, 0.25) is 0 Å². The highest BCUT2D eigenvalue weighted by Crippen LogP contribution is 2.53. The number of fused-ring (bicyclic) bond motifs is 3. The molecule has 0 spiro atoms. The van der Waals surface area contributed by atoms with Gasteiger partial charge in [-0.1, -0.05) is 148 Å². The molecule has 6 heteroatoms. The number of anilines is 6. The number of quaternary nitrogens is 1. The Balaban J connectivity index is 1.20. The molecule has 8 aromatic carbocycles.